The molecule has 0 bridgehead atoms. The molecule has 1 amide bonds. The molecule has 3 aromatic carbocycles. The van der Waals surface area contributed by atoms with Crippen LogP contribution in [0, 0.1) is 0 Å². The number of aromatic amines is 1. The van der Waals surface area contributed by atoms with Crippen molar-refractivity contribution in [1.82, 2.24) is 15.3 Å². The summed E-state index contributed by atoms with van der Waals surface area (Å²) in [6.45, 7) is 1.28. The van der Waals surface area contributed by atoms with E-state index < -0.39 is 6.04 Å². The summed E-state index contributed by atoms with van der Waals surface area (Å²) < 4.78 is 5.59. The number of carbonyl (C=O) groups is 2. The smallest absolute Gasteiger partial charge is 0.258 e. The van der Waals surface area contributed by atoms with Gasteiger partial charge in [0.05, 0.1) is 17.1 Å². The molecule has 1 heterocycles. The van der Waals surface area contributed by atoms with Crippen molar-refractivity contribution in [2.45, 2.75) is 19.4 Å². The zero-order valence-electron chi connectivity index (χ0n) is 17.5. The lowest BCUT2D eigenvalue weighted by molar-refractivity contribution is -0.123. The lowest BCUT2D eigenvalue weighted by Gasteiger charge is -2.17. The topological polar surface area (TPSA) is 104 Å². The molecular formula is C25H23N3O4. The zero-order valence-corrected chi connectivity index (χ0v) is 17.5. The van der Waals surface area contributed by atoms with Gasteiger partial charge in [-0.15, -0.1) is 0 Å². The van der Waals surface area contributed by atoms with Crippen LogP contribution in [0.5, 0.6) is 11.5 Å². The molecule has 3 N–H and O–H groups in total. The van der Waals surface area contributed by atoms with Gasteiger partial charge in [-0.3, -0.25) is 9.59 Å². The average molecular weight is 429 g/mol. The Morgan fingerprint density at radius 1 is 1.06 bits per heavy atom. The van der Waals surface area contributed by atoms with E-state index in [1.165, 1.54) is 6.92 Å². The van der Waals surface area contributed by atoms with E-state index in [0.29, 0.717) is 23.6 Å². The van der Waals surface area contributed by atoms with Crippen LogP contribution < -0.4 is 10.1 Å². The Morgan fingerprint density at radius 2 is 1.84 bits per heavy atom. The summed E-state index contributed by atoms with van der Waals surface area (Å²) in [7, 11) is 0. The second-order valence-corrected chi connectivity index (χ2v) is 7.50. The number of nitrogens with one attached hydrogen (secondary N) is 2. The highest BCUT2D eigenvalue weighted by Gasteiger charge is 2.19. The first-order valence-electron chi connectivity index (χ1n) is 10.2. The number of Topliss-reactive ketones (excluding diaryl/α,β-unsaturated/α-hetero) is 1. The summed E-state index contributed by atoms with van der Waals surface area (Å²) in [5.74, 6) is 0.873. The molecule has 1 atom stereocenters. The van der Waals surface area contributed by atoms with Gasteiger partial charge in [-0.2, -0.15) is 0 Å². The van der Waals surface area contributed by atoms with E-state index in [-0.39, 0.29) is 24.0 Å². The summed E-state index contributed by atoms with van der Waals surface area (Å²) in [4.78, 5) is 32.1. The number of hydrogen-bond donors (Lipinski definition) is 3. The maximum Gasteiger partial charge on any atom is 0.258 e. The van der Waals surface area contributed by atoms with Crippen molar-refractivity contribution in [1.29, 1.82) is 0 Å². The number of carbonyl (C=O) groups excluding carboxylic acids is 2. The van der Waals surface area contributed by atoms with Gasteiger partial charge in [-0.1, -0.05) is 36.4 Å². The quantitative estimate of drug-likeness (QED) is 0.368. The van der Waals surface area contributed by atoms with Gasteiger partial charge in [0, 0.05) is 5.56 Å². The molecule has 0 fully saturated rings. The van der Waals surface area contributed by atoms with E-state index in [1.807, 2.05) is 24.3 Å². The van der Waals surface area contributed by atoms with Crippen LogP contribution in [-0.2, 0) is 11.2 Å². The highest BCUT2D eigenvalue weighted by molar-refractivity contribution is 5.94. The summed E-state index contributed by atoms with van der Waals surface area (Å²) in [5.41, 5.74) is 3.15. The number of rotatable bonds is 8. The molecule has 162 valence electrons. The highest BCUT2D eigenvalue weighted by atomic mass is 16.5. The second kappa shape index (κ2) is 9.34. The minimum atomic E-state index is -0.424. The molecule has 1 aromatic heterocycles. The van der Waals surface area contributed by atoms with Crippen molar-refractivity contribution in [2.75, 3.05) is 6.61 Å². The van der Waals surface area contributed by atoms with Crippen molar-refractivity contribution in [3.05, 3.63) is 89.7 Å². The lowest BCUT2D eigenvalue weighted by Crippen LogP contribution is -2.34. The van der Waals surface area contributed by atoms with Crippen LogP contribution in [0.1, 0.15) is 34.7 Å². The maximum absolute atomic E-state index is 12.7. The SMILES string of the molecule is CC(=O)c1cccc(OCC(=O)NC(Cc2ccc(O)cc2)c2nc3ccccc3[nH]2)c1. The number of phenolic OH excluding ortho intramolecular Hbond substituents is 1. The van der Waals surface area contributed by atoms with Crippen LogP contribution in [0.25, 0.3) is 11.0 Å². The third kappa shape index (κ3) is 5.13. The molecule has 4 rings (SSSR count). The van der Waals surface area contributed by atoms with Crippen LogP contribution in [-0.4, -0.2) is 33.4 Å². The molecule has 7 heteroatoms. The monoisotopic (exact) mass is 429 g/mol. The van der Waals surface area contributed by atoms with E-state index in [2.05, 4.69) is 15.3 Å². The summed E-state index contributed by atoms with van der Waals surface area (Å²) in [6, 6.07) is 20.8. The molecule has 0 aliphatic carbocycles. The molecule has 0 saturated carbocycles. The fourth-order valence-corrected chi connectivity index (χ4v) is 3.41. The van der Waals surface area contributed by atoms with Gasteiger partial charge in [-0.05, 0) is 55.3 Å². The molecule has 0 saturated heterocycles. The lowest BCUT2D eigenvalue weighted by atomic mass is 10.1. The molecule has 0 aliphatic rings. The summed E-state index contributed by atoms with van der Waals surface area (Å²) in [5, 5.41) is 12.5. The number of phenols is 1. The zero-order chi connectivity index (χ0) is 22.5. The molecule has 0 spiro atoms. The number of aromatic hydroxyl groups is 1. The number of imidazole rings is 1. The normalized spacial score (nSPS) is 11.8. The number of ether oxygens (including phenoxy) is 1. The first kappa shape index (κ1) is 21.1. The Labute approximate surface area is 185 Å². The fourth-order valence-electron chi connectivity index (χ4n) is 3.41. The van der Waals surface area contributed by atoms with E-state index in [4.69, 9.17) is 4.74 Å². The third-order valence-electron chi connectivity index (χ3n) is 5.06. The summed E-state index contributed by atoms with van der Waals surface area (Å²) >= 11 is 0. The summed E-state index contributed by atoms with van der Waals surface area (Å²) in [6.07, 6.45) is 0.478. The van der Waals surface area contributed by atoms with Crippen LogP contribution in [0.3, 0.4) is 0 Å². The number of H-pyrrole nitrogens is 1. The predicted octanol–water partition coefficient (Wildman–Crippen LogP) is 3.95. The average Bonchev–Trinajstić information content (AvgIpc) is 3.23. The first-order chi connectivity index (χ1) is 15.5. The largest absolute Gasteiger partial charge is 0.508 e. The molecule has 1 unspecified atom stereocenters. The third-order valence-corrected chi connectivity index (χ3v) is 5.06. The molecule has 0 aliphatic heterocycles. The Bertz CT molecular complexity index is 1210. The fraction of sp³-hybridized carbons (Fsp3) is 0.160. The number of amides is 1. The van der Waals surface area contributed by atoms with Crippen molar-refractivity contribution in [3.63, 3.8) is 0 Å². The van der Waals surface area contributed by atoms with Crippen molar-refractivity contribution in [2.24, 2.45) is 0 Å². The van der Waals surface area contributed by atoms with Crippen LogP contribution in [0.4, 0.5) is 0 Å². The van der Waals surface area contributed by atoms with Gasteiger partial charge in [0.25, 0.3) is 5.91 Å². The number of fused-ring (bicyclic) bond motifs is 1. The Hall–Kier alpha value is -4.13. The maximum atomic E-state index is 12.7. The van der Waals surface area contributed by atoms with E-state index in [0.717, 1.165) is 16.6 Å². The Balaban J connectivity index is 1.50. The van der Waals surface area contributed by atoms with Gasteiger partial charge in [0.1, 0.15) is 17.3 Å². The minimum Gasteiger partial charge on any atom is -0.508 e. The number of ketones is 1. The van der Waals surface area contributed by atoms with Gasteiger partial charge >= 0.3 is 0 Å². The number of benzene rings is 3. The van der Waals surface area contributed by atoms with Gasteiger partial charge in [-0.25, -0.2) is 4.98 Å². The Morgan fingerprint density at radius 3 is 2.59 bits per heavy atom. The molecule has 7 nitrogen and oxygen atoms in total. The van der Waals surface area contributed by atoms with Crippen molar-refractivity contribution in [3.8, 4) is 11.5 Å². The van der Waals surface area contributed by atoms with Crippen molar-refractivity contribution >= 4 is 22.7 Å². The molecule has 0 radical (unpaired) electrons. The predicted molar refractivity (Wildman–Crippen MR) is 121 cm³/mol. The number of hydrogen-bond acceptors (Lipinski definition) is 5. The van der Waals surface area contributed by atoms with Crippen LogP contribution in [0.2, 0.25) is 0 Å². The highest BCUT2D eigenvalue weighted by Crippen LogP contribution is 2.21. The van der Waals surface area contributed by atoms with Gasteiger partial charge < -0.3 is 20.1 Å². The molecule has 4 aromatic rings. The Kier molecular flexibility index (Phi) is 6.17. The van der Waals surface area contributed by atoms with Crippen LogP contribution >= 0.6 is 0 Å². The second-order valence-electron chi connectivity index (χ2n) is 7.50. The minimum absolute atomic E-state index is 0.0706. The van der Waals surface area contributed by atoms with Gasteiger partial charge in [0.15, 0.2) is 12.4 Å². The molecule has 32 heavy (non-hydrogen) atoms. The van der Waals surface area contributed by atoms with E-state index in [1.54, 1.807) is 48.5 Å². The van der Waals surface area contributed by atoms with Gasteiger partial charge in [0.2, 0.25) is 0 Å². The number of nitrogens with zero attached hydrogens (tertiary/aromatic N) is 1. The van der Waals surface area contributed by atoms with Crippen LogP contribution in [0.15, 0.2) is 72.8 Å². The van der Waals surface area contributed by atoms with E-state index in [9.17, 15) is 14.7 Å². The first-order valence-corrected chi connectivity index (χ1v) is 10.2. The molecular weight excluding hydrogens is 406 g/mol. The number of para-hydroxylation sites is 2. The number of aromatic nitrogens is 2. The standard InChI is InChI=1S/C25H23N3O4/c1-16(29)18-5-4-6-20(14-18)32-15-24(31)26-23(13-17-9-11-19(30)12-10-17)25-27-21-7-2-3-8-22(21)28-25/h2-12,14,23,30H,13,15H2,1H3,(H,26,31)(H,27,28). The van der Waals surface area contributed by atoms with Crippen molar-refractivity contribution < 1.29 is 19.4 Å². The van der Waals surface area contributed by atoms with E-state index >= 15 is 0 Å².